The molecule has 0 aliphatic carbocycles. The van der Waals surface area contributed by atoms with Gasteiger partial charge in [-0.05, 0) is 34.1 Å². The SMILES string of the molecule is OB(O)c1cc(-c2ccccc2)cc2sc3ccccc3c12. The van der Waals surface area contributed by atoms with Crippen molar-refractivity contribution in [2.24, 2.45) is 0 Å². The van der Waals surface area contributed by atoms with E-state index in [9.17, 15) is 10.0 Å². The second kappa shape index (κ2) is 5.25. The van der Waals surface area contributed by atoms with Gasteiger partial charge in [-0.3, -0.25) is 0 Å². The van der Waals surface area contributed by atoms with Crippen LogP contribution < -0.4 is 5.46 Å². The first kappa shape index (κ1) is 13.5. The van der Waals surface area contributed by atoms with Gasteiger partial charge < -0.3 is 10.0 Å². The molecule has 1 heterocycles. The van der Waals surface area contributed by atoms with Gasteiger partial charge in [-0.1, -0.05) is 54.6 Å². The minimum Gasteiger partial charge on any atom is -0.423 e. The third-order valence-corrected chi connectivity index (χ3v) is 5.01. The number of hydrogen-bond donors (Lipinski definition) is 2. The minimum atomic E-state index is -1.48. The van der Waals surface area contributed by atoms with E-state index in [0.29, 0.717) is 5.46 Å². The molecule has 22 heavy (non-hydrogen) atoms. The van der Waals surface area contributed by atoms with E-state index in [0.717, 1.165) is 31.3 Å². The Hall–Kier alpha value is -2.14. The van der Waals surface area contributed by atoms with E-state index < -0.39 is 7.12 Å². The molecule has 0 amide bonds. The summed E-state index contributed by atoms with van der Waals surface area (Å²) in [6.07, 6.45) is 0. The van der Waals surface area contributed by atoms with Crippen molar-refractivity contribution in [2.75, 3.05) is 0 Å². The van der Waals surface area contributed by atoms with E-state index in [-0.39, 0.29) is 0 Å². The Labute approximate surface area is 132 Å². The Morgan fingerprint density at radius 3 is 2.23 bits per heavy atom. The average molecular weight is 304 g/mol. The molecule has 106 valence electrons. The molecule has 3 aromatic carbocycles. The van der Waals surface area contributed by atoms with Crippen LogP contribution in [0.4, 0.5) is 0 Å². The van der Waals surface area contributed by atoms with E-state index in [2.05, 4.69) is 12.1 Å². The van der Waals surface area contributed by atoms with Crippen molar-refractivity contribution in [1.29, 1.82) is 0 Å². The highest BCUT2D eigenvalue weighted by Crippen LogP contribution is 2.35. The van der Waals surface area contributed by atoms with Gasteiger partial charge in [0.05, 0.1) is 0 Å². The first-order valence-corrected chi connectivity index (χ1v) is 7.92. The van der Waals surface area contributed by atoms with Gasteiger partial charge in [-0.25, -0.2) is 0 Å². The highest BCUT2D eigenvalue weighted by atomic mass is 32.1. The highest BCUT2D eigenvalue weighted by molar-refractivity contribution is 7.26. The van der Waals surface area contributed by atoms with Gasteiger partial charge in [0.1, 0.15) is 0 Å². The average Bonchev–Trinajstić information content (AvgIpc) is 2.93. The van der Waals surface area contributed by atoms with E-state index in [1.54, 1.807) is 11.3 Å². The minimum absolute atomic E-state index is 0.564. The first-order chi connectivity index (χ1) is 10.7. The zero-order valence-corrected chi connectivity index (χ0v) is 12.5. The summed E-state index contributed by atoms with van der Waals surface area (Å²) in [6, 6.07) is 22.1. The summed E-state index contributed by atoms with van der Waals surface area (Å²) in [4.78, 5) is 0. The molecule has 0 unspecified atom stereocenters. The van der Waals surface area contributed by atoms with E-state index in [1.807, 2.05) is 54.6 Å². The Kier molecular flexibility index (Phi) is 3.23. The molecular formula is C18H13BO2S. The molecule has 2 nitrogen and oxygen atoms in total. The topological polar surface area (TPSA) is 40.5 Å². The summed E-state index contributed by atoms with van der Waals surface area (Å²) >= 11 is 1.68. The highest BCUT2D eigenvalue weighted by Gasteiger charge is 2.19. The van der Waals surface area contributed by atoms with Gasteiger partial charge >= 0.3 is 7.12 Å². The van der Waals surface area contributed by atoms with E-state index in [4.69, 9.17) is 0 Å². The lowest BCUT2D eigenvalue weighted by atomic mass is 9.76. The molecule has 0 atom stereocenters. The molecule has 4 aromatic rings. The molecule has 0 fully saturated rings. The summed E-state index contributed by atoms with van der Waals surface area (Å²) in [6.45, 7) is 0. The number of thiophene rings is 1. The van der Waals surface area contributed by atoms with Crippen molar-refractivity contribution < 1.29 is 10.0 Å². The fourth-order valence-corrected chi connectivity index (χ4v) is 4.07. The predicted molar refractivity (Wildman–Crippen MR) is 94.6 cm³/mol. The molecule has 0 aliphatic heterocycles. The molecule has 0 bridgehead atoms. The molecule has 1 aromatic heterocycles. The lowest BCUT2D eigenvalue weighted by Gasteiger charge is -2.08. The predicted octanol–water partition coefficient (Wildman–Crippen LogP) is 3.40. The zero-order valence-electron chi connectivity index (χ0n) is 11.7. The Morgan fingerprint density at radius 1 is 0.727 bits per heavy atom. The number of fused-ring (bicyclic) bond motifs is 3. The molecule has 0 saturated heterocycles. The summed E-state index contributed by atoms with van der Waals surface area (Å²) in [5, 5.41) is 21.7. The van der Waals surface area contributed by atoms with Crippen LogP contribution in [0, 0.1) is 0 Å². The van der Waals surface area contributed by atoms with Crippen LogP contribution in [0.3, 0.4) is 0 Å². The summed E-state index contributed by atoms with van der Waals surface area (Å²) < 4.78 is 2.23. The van der Waals surface area contributed by atoms with Crippen molar-refractivity contribution in [1.82, 2.24) is 0 Å². The molecular weight excluding hydrogens is 291 g/mol. The van der Waals surface area contributed by atoms with Crippen LogP contribution in [0.25, 0.3) is 31.3 Å². The molecule has 0 saturated carbocycles. The van der Waals surface area contributed by atoms with Gasteiger partial charge in [0, 0.05) is 14.8 Å². The van der Waals surface area contributed by atoms with E-state index in [1.165, 1.54) is 0 Å². The van der Waals surface area contributed by atoms with Gasteiger partial charge in [0.15, 0.2) is 0 Å². The Bertz CT molecular complexity index is 961. The fraction of sp³-hybridized carbons (Fsp3) is 0. The van der Waals surface area contributed by atoms with Gasteiger partial charge in [0.2, 0.25) is 0 Å². The number of hydrogen-bond acceptors (Lipinski definition) is 3. The van der Waals surface area contributed by atoms with Crippen molar-refractivity contribution in [3.05, 3.63) is 66.7 Å². The molecule has 2 N–H and O–H groups in total. The van der Waals surface area contributed by atoms with Gasteiger partial charge in [-0.2, -0.15) is 0 Å². The van der Waals surface area contributed by atoms with Crippen molar-refractivity contribution in [2.45, 2.75) is 0 Å². The largest absolute Gasteiger partial charge is 0.489 e. The lowest BCUT2D eigenvalue weighted by molar-refractivity contribution is 0.426. The normalized spacial score (nSPS) is 11.2. The molecule has 0 aliphatic rings. The first-order valence-electron chi connectivity index (χ1n) is 7.11. The second-order valence-corrected chi connectivity index (χ2v) is 6.36. The number of rotatable bonds is 2. The fourth-order valence-electron chi connectivity index (χ4n) is 2.89. The quantitative estimate of drug-likeness (QED) is 0.557. The van der Waals surface area contributed by atoms with Crippen molar-refractivity contribution in [3.8, 4) is 11.1 Å². The van der Waals surface area contributed by atoms with Gasteiger partial charge in [-0.15, -0.1) is 11.3 Å². The smallest absolute Gasteiger partial charge is 0.423 e. The standard InChI is InChI=1S/C18H13BO2S/c20-19(21)15-10-13(12-6-2-1-3-7-12)11-17-18(15)14-8-4-5-9-16(14)22-17/h1-11,20-21H. The van der Waals surface area contributed by atoms with Crippen LogP contribution in [-0.4, -0.2) is 17.2 Å². The van der Waals surface area contributed by atoms with Crippen LogP contribution >= 0.6 is 11.3 Å². The maximum Gasteiger partial charge on any atom is 0.489 e. The maximum atomic E-state index is 9.83. The van der Waals surface area contributed by atoms with Crippen LogP contribution in [-0.2, 0) is 0 Å². The third kappa shape index (κ3) is 2.13. The Morgan fingerprint density at radius 2 is 1.45 bits per heavy atom. The molecule has 4 heteroatoms. The van der Waals surface area contributed by atoms with Crippen LogP contribution in [0.5, 0.6) is 0 Å². The molecule has 0 spiro atoms. The van der Waals surface area contributed by atoms with Crippen LogP contribution in [0.15, 0.2) is 66.7 Å². The summed E-state index contributed by atoms with van der Waals surface area (Å²) in [7, 11) is -1.48. The van der Waals surface area contributed by atoms with Crippen LogP contribution in [0.2, 0.25) is 0 Å². The van der Waals surface area contributed by atoms with E-state index >= 15 is 0 Å². The van der Waals surface area contributed by atoms with Crippen molar-refractivity contribution in [3.63, 3.8) is 0 Å². The summed E-state index contributed by atoms with van der Waals surface area (Å²) in [5.74, 6) is 0. The monoisotopic (exact) mass is 304 g/mol. The summed E-state index contributed by atoms with van der Waals surface area (Å²) in [5.41, 5.74) is 2.64. The molecule has 0 radical (unpaired) electrons. The maximum absolute atomic E-state index is 9.83. The molecule has 4 rings (SSSR count). The third-order valence-electron chi connectivity index (χ3n) is 3.89. The van der Waals surface area contributed by atoms with Crippen molar-refractivity contribution >= 4 is 44.1 Å². The Balaban J connectivity index is 2.09. The van der Waals surface area contributed by atoms with Crippen LogP contribution in [0.1, 0.15) is 0 Å². The lowest BCUT2D eigenvalue weighted by Crippen LogP contribution is -2.30. The zero-order chi connectivity index (χ0) is 15.1. The second-order valence-electron chi connectivity index (χ2n) is 5.28. The van der Waals surface area contributed by atoms with Gasteiger partial charge in [0.25, 0.3) is 0 Å². The number of benzene rings is 3.